The summed E-state index contributed by atoms with van der Waals surface area (Å²) in [5, 5.41) is 4.22. The number of halogens is 2. The highest BCUT2D eigenvalue weighted by Crippen LogP contribution is 2.22. The third-order valence-electron chi connectivity index (χ3n) is 2.02. The quantitative estimate of drug-likeness (QED) is 0.595. The molecule has 1 nitrogen and oxygen atoms in total. The van der Waals surface area contributed by atoms with Crippen LogP contribution in [-0.4, -0.2) is 18.6 Å². The van der Waals surface area contributed by atoms with Gasteiger partial charge in [-0.05, 0) is 65.6 Å². The Morgan fingerprint density at radius 3 is 2.87 bits per heavy atom. The summed E-state index contributed by atoms with van der Waals surface area (Å²) in [6, 6.07) is 5.94. The van der Waals surface area contributed by atoms with Gasteiger partial charge in [-0.2, -0.15) is 11.8 Å². The summed E-state index contributed by atoms with van der Waals surface area (Å²) in [4.78, 5) is 0. The third kappa shape index (κ3) is 5.31. The van der Waals surface area contributed by atoms with E-state index < -0.39 is 0 Å². The van der Waals surface area contributed by atoms with Gasteiger partial charge in [-0.25, -0.2) is 0 Å². The SMILES string of the molecule is CSCCCCNc1ccc(Cl)cc1I. The Bertz CT molecular complexity index is 307. The molecule has 0 saturated heterocycles. The molecule has 0 bridgehead atoms. The van der Waals surface area contributed by atoms with E-state index in [1.54, 1.807) is 0 Å². The Morgan fingerprint density at radius 2 is 2.20 bits per heavy atom. The topological polar surface area (TPSA) is 12.0 Å². The number of hydrogen-bond donors (Lipinski definition) is 1. The second kappa shape index (κ2) is 7.63. The fourth-order valence-electron chi connectivity index (χ4n) is 1.23. The van der Waals surface area contributed by atoms with Crippen LogP contribution in [0.1, 0.15) is 12.8 Å². The molecule has 0 aliphatic carbocycles. The minimum atomic E-state index is 0.798. The zero-order chi connectivity index (χ0) is 11.1. The van der Waals surface area contributed by atoms with E-state index in [9.17, 15) is 0 Å². The largest absolute Gasteiger partial charge is 0.384 e. The molecule has 0 radical (unpaired) electrons. The Kier molecular flexibility index (Phi) is 6.84. The van der Waals surface area contributed by atoms with Crippen LogP contribution in [0.25, 0.3) is 0 Å². The van der Waals surface area contributed by atoms with E-state index in [1.807, 2.05) is 30.0 Å². The summed E-state index contributed by atoms with van der Waals surface area (Å²) in [6.45, 7) is 1.04. The molecule has 0 aliphatic rings. The number of thioether (sulfide) groups is 1. The summed E-state index contributed by atoms with van der Waals surface area (Å²) in [6.07, 6.45) is 4.65. The van der Waals surface area contributed by atoms with Crippen LogP contribution >= 0.6 is 46.0 Å². The van der Waals surface area contributed by atoms with Crippen molar-refractivity contribution in [2.75, 3.05) is 23.9 Å². The van der Waals surface area contributed by atoms with Crippen molar-refractivity contribution in [2.24, 2.45) is 0 Å². The maximum atomic E-state index is 5.88. The van der Waals surface area contributed by atoms with Gasteiger partial charge < -0.3 is 5.32 Å². The van der Waals surface area contributed by atoms with E-state index in [-0.39, 0.29) is 0 Å². The van der Waals surface area contributed by atoms with Crippen molar-refractivity contribution < 1.29 is 0 Å². The number of hydrogen-bond acceptors (Lipinski definition) is 2. The van der Waals surface area contributed by atoms with Crippen LogP contribution in [-0.2, 0) is 0 Å². The van der Waals surface area contributed by atoms with Gasteiger partial charge in [0.25, 0.3) is 0 Å². The van der Waals surface area contributed by atoms with Crippen molar-refractivity contribution in [1.29, 1.82) is 0 Å². The molecule has 1 aromatic carbocycles. The van der Waals surface area contributed by atoms with E-state index in [0.717, 1.165) is 11.6 Å². The lowest BCUT2D eigenvalue weighted by atomic mass is 10.3. The molecule has 1 N–H and O–H groups in total. The van der Waals surface area contributed by atoms with Gasteiger partial charge in [0.2, 0.25) is 0 Å². The van der Waals surface area contributed by atoms with Gasteiger partial charge in [0.15, 0.2) is 0 Å². The predicted molar refractivity (Wildman–Crippen MR) is 80.3 cm³/mol. The van der Waals surface area contributed by atoms with Crippen molar-refractivity contribution in [1.82, 2.24) is 0 Å². The molecule has 1 rings (SSSR count). The third-order valence-corrected chi connectivity index (χ3v) is 3.85. The average Bonchev–Trinajstić information content (AvgIpc) is 2.20. The van der Waals surface area contributed by atoms with Gasteiger partial charge in [0, 0.05) is 20.8 Å². The van der Waals surface area contributed by atoms with Crippen LogP contribution < -0.4 is 5.32 Å². The smallest absolute Gasteiger partial charge is 0.0476 e. The summed E-state index contributed by atoms with van der Waals surface area (Å²) >= 11 is 10.1. The molecule has 0 aliphatic heterocycles. The highest BCUT2D eigenvalue weighted by Gasteiger charge is 1.99. The van der Waals surface area contributed by atoms with Gasteiger partial charge in [-0.3, -0.25) is 0 Å². The summed E-state index contributed by atoms with van der Waals surface area (Å²) in [5.41, 5.74) is 1.18. The van der Waals surface area contributed by atoms with Crippen molar-refractivity contribution in [3.63, 3.8) is 0 Å². The number of anilines is 1. The molecule has 0 amide bonds. The molecule has 15 heavy (non-hydrogen) atoms. The summed E-state index contributed by atoms with van der Waals surface area (Å²) in [7, 11) is 0. The first-order valence-electron chi connectivity index (χ1n) is 4.92. The minimum Gasteiger partial charge on any atom is -0.384 e. The Balaban J connectivity index is 2.31. The summed E-state index contributed by atoms with van der Waals surface area (Å²) < 4.78 is 1.19. The second-order valence-corrected chi connectivity index (χ2v) is 5.84. The Morgan fingerprint density at radius 1 is 1.40 bits per heavy atom. The molecule has 0 heterocycles. The molecule has 1 aromatic rings. The standard InChI is InChI=1S/C11H15ClINS/c1-15-7-3-2-6-14-11-5-4-9(12)8-10(11)13/h4-5,8,14H,2-3,6-7H2,1H3. The van der Waals surface area contributed by atoms with E-state index in [1.165, 1.54) is 27.9 Å². The molecule has 0 atom stereocenters. The minimum absolute atomic E-state index is 0.798. The van der Waals surface area contributed by atoms with E-state index in [2.05, 4.69) is 34.2 Å². The maximum absolute atomic E-state index is 5.88. The zero-order valence-corrected chi connectivity index (χ0v) is 12.5. The van der Waals surface area contributed by atoms with Gasteiger partial charge in [0.05, 0.1) is 0 Å². The Labute approximate surface area is 114 Å². The normalized spacial score (nSPS) is 10.3. The molecule has 0 aromatic heterocycles. The van der Waals surface area contributed by atoms with Crippen molar-refractivity contribution in [2.45, 2.75) is 12.8 Å². The van der Waals surface area contributed by atoms with Gasteiger partial charge in [-0.1, -0.05) is 11.6 Å². The molecule has 0 unspecified atom stereocenters. The highest BCUT2D eigenvalue weighted by atomic mass is 127. The van der Waals surface area contributed by atoms with Crippen molar-refractivity contribution >= 4 is 51.6 Å². The van der Waals surface area contributed by atoms with Crippen LogP contribution in [0, 0.1) is 3.57 Å². The lowest BCUT2D eigenvalue weighted by Gasteiger charge is -2.08. The van der Waals surface area contributed by atoms with Crippen LogP contribution in [0.4, 0.5) is 5.69 Å². The van der Waals surface area contributed by atoms with Crippen molar-refractivity contribution in [3.8, 4) is 0 Å². The van der Waals surface area contributed by atoms with E-state index in [4.69, 9.17) is 11.6 Å². The summed E-state index contributed by atoms with van der Waals surface area (Å²) in [5.74, 6) is 1.25. The second-order valence-electron chi connectivity index (χ2n) is 3.25. The molecule has 0 spiro atoms. The van der Waals surface area contributed by atoms with Crippen LogP contribution in [0.3, 0.4) is 0 Å². The van der Waals surface area contributed by atoms with Crippen LogP contribution in [0.2, 0.25) is 5.02 Å². The fraction of sp³-hybridized carbons (Fsp3) is 0.455. The molecular weight excluding hydrogens is 341 g/mol. The average molecular weight is 356 g/mol. The number of unbranched alkanes of at least 4 members (excludes halogenated alkanes) is 1. The van der Waals surface area contributed by atoms with Gasteiger partial charge in [0.1, 0.15) is 0 Å². The van der Waals surface area contributed by atoms with Crippen molar-refractivity contribution in [3.05, 3.63) is 26.8 Å². The lowest BCUT2D eigenvalue weighted by molar-refractivity contribution is 0.843. The molecule has 0 fully saturated rings. The van der Waals surface area contributed by atoms with E-state index in [0.29, 0.717) is 0 Å². The predicted octanol–water partition coefficient (Wildman–Crippen LogP) is 4.50. The lowest BCUT2D eigenvalue weighted by Crippen LogP contribution is -2.03. The number of nitrogens with one attached hydrogen (secondary N) is 1. The molecule has 0 saturated carbocycles. The molecule has 4 heteroatoms. The number of rotatable bonds is 6. The first-order chi connectivity index (χ1) is 7.24. The zero-order valence-electron chi connectivity index (χ0n) is 8.72. The van der Waals surface area contributed by atoms with E-state index >= 15 is 0 Å². The van der Waals surface area contributed by atoms with Crippen LogP contribution in [0.15, 0.2) is 18.2 Å². The van der Waals surface area contributed by atoms with Gasteiger partial charge in [-0.15, -0.1) is 0 Å². The molecular formula is C11H15ClINS. The first-order valence-corrected chi connectivity index (χ1v) is 7.77. The van der Waals surface area contributed by atoms with Gasteiger partial charge >= 0.3 is 0 Å². The maximum Gasteiger partial charge on any atom is 0.0476 e. The Hall–Kier alpha value is 0.390. The molecule has 84 valence electrons. The van der Waals surface area contributed by atoms with Crippen LogP contribution in [0.5, 0.6) is 0 Å². The highest BCUT2D eigenvalue weighted by molar-refractivity contribution is 14.1. The number of benzene rings is 1. The fourth-order valence-corrected chi connectivity index (χ4v) is 2.78. The first kappa shape index (κ1) is 13.5. The monoisotopic (exact) mass is 355 g/mol.